The lowest BCUT2D eigenvalue weighted by Crippen LogP contribution is -2.36. The second-order valence-electron chi connectivity index (χ2n) is 10.3. The van der Waals surface area contributed by atoms with E-state index in [4.69, 9.17) is 0 Å². The average molecular weight is 523 g/mol. The van der Waals surface area contributed by atoms with Gasteiger partial charge < -0.3 is 10.2 Å². The van der Waals surface area contributed by atoms with Crippen molar-refractivity contribution >= 4 is 16.7 Å². The number of benzene rings is 3. The molecule has 4 aromatic rings. The Labute approximate surface area is 230 Å². The summed E-state index contributed by atoms with van der Waals surface area (Å²) in [5.41, 5.74) is 3.08. The summed E-state index contributed by atoms with van der Waals surface area (Å²) in [4.78, 5) is 33.2. The predicted octanol–water partition coefficient (Wildman–Crippen LogP) is 5.40. The first-order chi connectivity index (χ1) is 19.1. The molecule has 1 aromatic heterocycles. The SMILES string of the molecule is CC[C@H](NC(=O)c1c(CN2CCCN(CC)CC2)n(-c2ccccc2)c(=O)c2ccccc12)c1ccccc1. The standard InChI is InChI=1S/C33H38N4O2/c1-3-29(25-14-7-5-8-15-25)34-32(38)31-27-18-11-12-19-28(27)33(39)37(26-16-9-6-10-17-26)30(31)24-36-21-13-20-35(4-2)22-23-36/h5-12,14-19,29H,3-4,13,20-24H2,1-2H3,(H,34,38)/t29-/m0/s1. The van der Waals surface area contributed by atoms with Crippen molar-refractivity contribution in [3.63, 3.8) is 0 Å². The van der Waals surface area contributed by atoms with E-state index in [1.165, 1.54) is 0 Å². The third-order valence-corrected chi connectivity index (χ3v) is 7.85. The number of likely N-dealkylation sites (N-methyl/N-ethyl adjacent to an activating group) is 1. The molecule has 0 spiro atoms. The molecule has 1 amide bonds. The summed E-state index contributed by atoms with van der Waals surface area (Å²) in [5.74, 6) is -0.147. The molecule has 39 heavy (non-hydrogen) atoms. The molecule has 3 aromatic carbocycles. The van der Waals surface area contributed by atoms with Gasteiger partial charge in [-0.15, -0.1) is 0 Å². The number of nitrogens with zero attached hydrogens (tertiary/aromatic N) is 3. The number of hydrogen-bond acceptors (Lipinski definition) is 4. The Balaban J connectivity index is 1.67. The van der Waals surface area contributed by atoms with Crippen molar-refractivity contribution < 1.29 is 4.79 Å². The molecule has 2 heterocycles. The lowest BCUT2D eigenvalue weighted by Gasteiger charge is -2.26. The number of fused-ring (bicyclic) bond motifs is 1. The highest BCUT2D eigenvalue weighted by molar-refractivity contribution is 6.08. The van der Waals surface area contributed by atoms with Crippen molar-refractivity contribution in [1.29, 1.82) is 0 Å². The van der Waals surface area contributed by atoms with Gasteiger partial charge in [-0.3, -0.25) is 19.1 Å². The molecule has 1 aliphatic rings. The second-order valence-corrected chi connectivity index (χ2v) is 10.3. The summed E-state index contributed by atoms with van der Waals surface area (Å²) in [5, 5.41) is 4.57. The van der Waals surface area contributed by atoms with Crippen LogP contribution in [0.3, 0.4) is 0 Å². The summed E-state index contributed by atoms with van der Waals surface area (Å²) < 4.78 is 1.77. The molecule has 0 unspecified atom stereocenters. The largest absolute Gasteiger partial charge is 0.345 e. The zero-order chi connectivity index (χ0) is 27.2. The van der Waals surface area contributed by atoms with Gasteiger partial charge in [0.1, 0.15) is 0 Å². The summed E-state index contributed by atoms with van der Waals surface area (Å²) in [6.07, 6.45) is 1.82. The van der Waals surface area contributed by atoms with Gasteiger partial charge in [0.05, 0.1) is 17.3 Å². The molecule has 5 rings (SSSR count). The van der Waals surface area contributed by atoms with Gasteiger partial charge in [-0.2, -0.15) is 0 Å². The third-order valence-electron chi connectivity index (χ3n) is 7.85. The maximum Gasteiger partial charge on any atom is 0.263 e. The van der Waals surface area contributed by atoms with Gasteiger partial charge in [0.2, 0.25) is 0 Å². The summed E-state index contributed by atoms with van der Waals surface area (Å²) in [6.45, 7) is 9.71. The fourth-order valence-electron chi connectivity index (χ4n) is 5.70. The first-order valence-corrected chi connectivity index (χ1v) is 14.1. The van der Waals surface area contributed by atoms with E-state index in [2.05, 4.69) is 41.1 Å². The number of hydrogen-bond donors (Lipinski definition) is 1. The minimum atomic E-state index is -0.147. The smallest absolute Gasteiger partial charge is 0.263 e. The fraction of sp³-hybridized carbons (Fsp3) is 0.333. The molecule has 0 bridgehead atoms. The van der Waals surface area contributed by atoms with E-state index in [0.717, 1.165) is 62.5 Å². The van der Waals surface area contributed by atoms with E-state index in [0.29, 0.717) is 22.9 Å². The molecule has 0 radical (unpaired) electrons. The highest BCUT2D eigenvalue weighted by atomic mass is 16.2. The quantitative estimate of drug-likeness (QED) is 0.337. The minimum absolute atomic E-state index is 0.0940. The average Bonchev–Trinajstić information content (AvgIpc) is 3.22. The number of carbonyl (C=O) groups excluding carboxylic acids is 1. The van der Waals surface area contributed by atoms with Crippen LogP contribution in [0.4, 0.5) is 0 Å². The van der Waals surface area contributed by atoms with Crippen LogP contribution in [0, 0.1) is 0 Å². The van der Waals surface area contributed by atoms with Crippen LogP contribution in [0.1, 0.15) is 54.3 Å². The molecular weight excluding hydrogens is 484 g/mol. The van der Waals surface area contributed by atoms with E-state index >= 15 is 0 Å². The highest BCUT2D eigenvalue weighted by Gasteiger charge is 2.26. The number of pyridine rings is 1. The van der Waals surface area contributed by atoms with Gasteiger partial charge in [0.15, 0.2) is 0 Å². The van der Waals surface area contributed by atoms with Gasteiger partial charge in [-0.25, -0.2) is 0 Å². The van der Waals surface area contributed by atoms with Gasteiger partial charge in [-0.05, 0) is 56.2 Å². The molecule has 6 nitrogen and oxygen atoms in total. The van der Waals surface area contributed by atoms with Crippen LogP contribution in [0.5, 0.6) is 0 Å². The highest BCUT2D eigenvalue weighted by Crippen LogP contribution is 2.26. The Bertz CT molecular complexity index is 1470. The number of para-hydroxylation sites is 1. The van der Waals surface area contributed by atoms with Crippen LogP contribution in [-0.2, 0) is 6.54 Å². The Morgan fingerprint density at radius 3 is 2.10 bits per heavy atom. The Kier molecular flexibility index (Phi) is 8.54. The lowest BCUT2D eigenvalue weighted by atomic mass is 9.99. The molecule has 1 fully saturated rings. The van der Waals surface area contributed by atoms with Crippen LogP contribution < -0.4 is 10.9 Å². The lowest BCUT2D eigenvalue weighted by molar-refractivity contribution is 0.0934. The first-order valence-electron chi connectivity index (χ1n) is 14.1. The van der Waals surface area contributed by atoms with Crippen LogP contribution >= 0.6 is 0 Å². The number of rotatable bonds is 8. The Morgan fingerprint density at radius 2 is 1.41 bits per heavy atom. The topological polar surface area (TPSA) is 57.6 Å². The molecule has 1 saturated heterocycles. The fourth-order valence-corrected chi connectivity index (χ4v) is 5.70. The van der Waals surface area contributed by atoms with Crippen LogP contribution in [0.15, 0.2) is 89.7 Å². The Hall–Kier alpha value is -3.74. The maximum atomic E-state index is 14.3. The van der Waals surface area contributed by atoms with E-state index in [1.54, 1.807) is 4.57 Å². The van der Waals surface area contributed by atoms with Crippen molar-refractivity contribution in [2.45, 2.75) is 39.3 Å². The number of nitrogens with one attached hydrogen (secondary N) is 1. The zero-order valence-corrected chi connectivity index (χ0v) is 23.0. The molecule has 1 aliphatic heterocycles. The van der Waals surface area contributed by atoms with Crippen molar-refractivity contribution in [1.82, 2.24) is 19.7 Å². The van der Waals surface area contributed by atoms with E-state index in [9.17, 15) is 9.59 Å². The first kappa shape index (κ1) is 26.9. The summed E-state index contributed by atoms with van der Waals surface area (Å²) in [7, 11) is 0. The third kappa shape index (κ3) is 5.82. The van der Waals surface area contributed by atoms with Gasteiger partial charge in [0, 0.05) is 36.1 Å². The van der Waals surface area contributed by atoms with Gasteiger partial charge in [0.25, 0.3) is 11.5 Å². The molecule has 6 heteroatoms. The van der Waals surface area contributed by atoms with Gasteiger partial charge in [-0.1, -0.05) is 80.6 Å². The number of carbonyl (C=O) groups is 1. The number of amides is 1. The zero-order valence-electron chi connectivity index (χ0n) is 23.0. The minimum Gasteiger partial charge on any atom is -0.345 e. The monoisotopic (exact) mass is 522 g/mol. The molecule has 1 N–H and O–H groups in total. The van der Waals surface area contributed by atoms with Crippen LogP contribution in [-0.4, -0.2) is 53.0 Å². The normalized spacial score (nSPS) is 15.6. The predicted molar refractivity (Wildman–Crippen MR) is 158 cm³/mol. The summed E-state index contributed by atoms with van der Waals surface area (Å²) >= 11 is 0. The molecule has 0 saturated carbocycles. The van der Waals surface area contributed by atoms with E-state index in [1.807, 2.05) is 72.8 Å². The summed E-state index contributed by atoms with van der Waals surface area (Å²) in [6, 6.07) is 27.2. The van der Waals surface area contributed by atoms with Crippen molar-refractivity contribution in [3.05, 3.63) is 112 Å². The van der Waals surface area contributed by atoms with Crippen LogP contribution in [0.25, 0.3) is 16.5 Å². The molecular formula is C33H38N4O2. The molecule has 0 aliphatic carbocycles. The number of aromatic nitrogens is 1. The molecule has 1 atom stereocenters. The Morgan fingerprint density at radius 1 is 0.795 bits per heavy atom. The van der Waals surface area contributed by atoms with Crippen molar-refractivity contribution in [2.24, 2.45) is 0 Å². The second kappa shape index (κ2) is 12.4. The van der Waals surface area contributed by atoms with Crippen LogP contribution in [0.2, 0.25) is 0 Å². The molecule has 202 valence electrons. The van der Waals surface area contributed by atoms with Gasteiger partial charge >= 0.3 is 0 Å². The van der Waals surface area contributed by atoms with Crippen molar-refractivity contribution in [2.75, 3.05) is 32.7 Å². The van der Waals surface area contributed by atoms with E-state index in [-0.39, 0.29) is 17.5 Å². The van der Waals surface area contributed by atoms with E-state index < -0.39 is 0 Å². The van der Waals surface area contributed by atoms with Crippen molar-refractivity contribution in [3.8, 4) is 5.69 Å². The maximum absolute atomic E-state index is 14.3.